The molecule has 0 aliphatic carbocycles. The Hall–Kier alpha value is 0.177. The van der Waals surface area contributed by atoms with Crippen molar-refractivity contribution in [3.63, 3.8) is 0 Å². The minimum absolute atomic E-state index is 0.629. The molecule has 7 heavy (non-hydrogen) atoms. The predicted molar refractivity (Wildman–Crippen MR) is 35.0 cm³/mol. The van der Waals surface area contributed by atoms with Gasteiger partial charge in [0.15, 0.2) is 9.76 Å². The molecule has 44 valence electrons. The van der Waals surface area contributed by atoms with E-state index in [9.17, 15) is 0 Å². The Morgan fingerprint density at radius 2 is 2.14 bits per heavy atom. The van der Waals surface area contributed by atoms with Crippen molar-refractivity contribution in [3.05, 3.63) is 0 Å². The van der Waals surface area contributed by atoms with Crippen LogP contribution in [0.15, 0.2) is 0 Å². The van der Waals surface area contributed by atoms with Crippen molar-refractivity contribution in [3.8, 4) is 0 Å². The summed E-state index contributed by atoms with van der Waals surface area (Å²) in [7, 11) is -0.629. The normalized spacial score (nSPS) is 12.0. The Balaban J connectivity index is 2.68. The zero-order valence-electron chi connectivity index (χ0n) is 5.15. The second-order valence-corrected chi connectivity index (χ2v) is 3.41. The van der Waals surface area contributed by atoms with Crippen LogP contribution in [-0.4, -0.2) is 14.6 Å². The fourth-order valence-electron chi connectivity index (χ4n) is 0.500. The van der Waals surface area contributed by atoms with Crippen molar-refractivity contribution in [2.75, 3.05) is 0 Å². The molecule has 0 aliphatic rings. The van der Waals surface area contributed by atoms with E-state index < -0.39 is 9.76 Å². The van der Waals surface area contributed by atoms with Crippen molar-refractivity contribution in [1.29, 1.82) is 0 Å². The lowest BCUT2D eigenvalue weighted by Crippen LogP contribution is -1.91. The highest BCUT2D eigenvalue weighted by Gasteiger charge is 1.90. The highest BCUT2D eigenvalue weighted by molar-refractivity contribution is 6.25. The number of hydrogen-bond donors (Lipinski definition) is 1. The highest BCUT2D eigenvalue weighted by Crippen LogP contribution is 2.01. The lowest BCUT2D eigenvalue weighted by molar-refractivity contribution is 0.567. The van der Waals surface area contributed by atoms with Gasteiger partial charge in [0.25, 0.3) is 0 Å². The Morgan fingerprint density at radius 3 is 2.29 bits per heavy atom. The Morgan fingerprint density at radius 1 is 1.57 bits per heavy atom. The lowest BCUT2D eigenvalue weighted by Gasteiger charge is -1.98. The minimum atomic E-state index is -0.629. The molecule has 0 saturated heterocycles. The largest absolute Gasteiger partial charge is 0.438 e. The summed E-state index contributed by atoms with van der Waals surface area (Å²) in [6, 6.07) is 1.09. The van der Waals surface area contributed by atoms with E-state index in [1.807, 2.05) is 0 Å². The first-order valence-corrected chi connectivity index (χ1v) is 4.51. The Kier molecular flexibility index (Phi) is 4.45. The van der Waals surface area contributed by atoms with Gasteiger partial charge in [0.2, 0.25) is 0 Å². The molecule has 1 N–H and O–H groups in total. The monoisotopic (exact) mass is 118 g/mol. The summed E-state index contributed by atoms with van der Waals surface area (Å²) < 4.78 is 0. The van der Waals surface area contributed by atoms with E-state index in [-0.39, 0.29) is 0 Å². The van der Waals surface area contributed by atoms with Crippen LogP contribution in [0.2, 0.25) is 6.04 Å². The molecule has 0 aromatic carbocycles. The van der Waals surface area contributed by atoms with Crippen molar-refractivity contribution in [2.24, 2.45) is 5.92 Å². The van der Waals surface area contributed by atoms with Gasteiger partial charge in [-0.1, -0.05) is 20.3 Å². The van der Waals surface area contributed by atoms with Crippen LogP contribution in [0, 0.1) is 5.92 Å². The first-order chi connectivity index (χ1) is 3.27. The van der Waals surface area contributed by atoms with Crippen LogP contribution >= 0.6 is 0 Å². The van der Waals surface area contributed by atoms with Crippen LogP contribution in [0.1, 0.15) is 20.3 Å². The zero-order valence-corrected chi connectivity index (χ0v) is 6.56. The van der Waals surface area contributed by atoms with Gasteiger partial charge in [-0.15, -0.1) is 0 Å². The average molecular weight is 118 g/mol. The van der Waals surface area contributed by atoms with Crippen molar-refractivity contribution >= 4 is 9.76 Å². The van der Waals surface area contributed by atoms with E-state index in [0.717, 1.165) is 12.0 Å². The standard InChI is InChI=1S/C5H14OSi/c1-5(2)3-4-7-6/h5-6H,3-4,7H2,1-2H3. The van der Waals surface area contributed by atoms with Gasteiger partial charge in [-0.25, -0.2) is 0 Å². The van der Waals surface area contributed by atoms with Gasteiger partial charge in [0, 0.05) is 0 Å². The fourth-order valence-corrected chi connectivity index (χ4v) is 1.50. The fraction of sp³-hybridized carbons (Fsp3) is 1.00. The predicted octanol–water partition coefficient (Wildman–Crippen LogP) is 0.527. The van der Waals surface area contributed by atoms with Gasteiger partial charge in [0.05, 0.1) is 0 Å². The molecule has 0 atom stereocenters. The molecule has 0 aromatic heterocycles. The number of rotatable bonds is 3. The van der Waals surface area contributed by atoms with E-state index in [2.05, 4.69) is 13.8 Å². The summed E-state index contributed by atoms with van der Waals surface area (Å²) in [6.07, 6.45) is 1.21. The zero-order chi connectivity index (χ0) is 5.70. The van der Waals surface area contributed by atoms with E-state index in [1.54, 1.807) is 0 Å². The molecule has 1 nitrogen and oxygen atoms in total. The van der Waals surface area contributed by atoms with Crippen LogP contribution in [0.4, 0.5) is 0 Å². The molecule has 0 bridgehead atoms. The Labute approximate surface area is 47.7 Å². The maximum atomic E-state index is 8.45. The molecule has 0 amide bonds. The number of hydrogen-bond acceptors (Lipinski definition) is 1. The Bertz CT molecular complexity index is 37.1. The maximum Gasteiger partial charge on any atom is 0.156 e. The summed E-state index contributed by atoms with van der Waals surface area (Å²) in [5, 5.41) is 0. The van der Waals surface area contributed by atoms with Gasteiger partial charge < -0.3 is 4.80 Å². The highest BCUT2D eigenvalue weighted by atomic mass is 28.2. The van der Waals surface area contributed by atoms with E-state index in [4.69, 9.17) is 4.80 Å². The van der Waals surface area contributed by atoms with Crippen molar-refractivity contribution in [1.82, 2.24) is 0 Å². The smallest absolute Gasteiger partial charge is 0.156 e. The van der Waals surface area contributed by atoms with E-state index in [1.165, 1.54) is 6.42 Å². The molecule has 0 spiro atoms. The third-order valence-corrected chi connectivity index (χ3v) is 1.66. The van der Waals surface area contributed by atoms with Gasteiger partial charge in [-0.3, -0.25) is 0 Å². The first kappa shape index (κ1) is 7.18. The SMILES string of the molecule is CC(C)CC[SiH2]O. The van der Waals surface area contributed by atoms with Crippen LogP contribution in [-0.2, 0) is 0 Å². The molecule has 0 heterocycles. The topological polar surface area (TPSA) is 20.2 Å². The summed E-state index contributed by atoms with van der Waals surface area (Å²) in [6.45, 7) is 4.37. The molecule has 0 aromatic rings. The second kappa shape index (κ2) is 4.34. The quantitative estimate of drug-likeness (QED) is 0.536. The summed E-state index contributed by atoms with van der Waals surface area (Å²) in [4.78, 5) is 8.45. The molecule has 0 unspecified atom stereocenters. The average Bonchev–Trinajstić information content (AvgIpc) is 1.61. The van der Waals surface area contributed by atoms with Gasteiger partial charge in [-0.2, -0.15) is 0 Å². The molecule has 0 fully saturated rings. The third-order valence-electron chi connectivity index (χ3n) is 0.940. The van der Waals surface area contributed by atoms with E-state index >= 15 is 0 Å². The van der Waals surface area contributed by atoms with Gasteiger partial charge in [-0.05, 0) is 12.0 Å². The molecule has 0 aliphatic heterocycles. The van der Waals surface area contributed by atoms with E-state index in [0.29, 0.717) is 0 Å². The summed E-state index contributed by atoms with van der Waals surface area (Å²) in [5.41, 5.74) is 0. The van der Waals surface area contributed by atoms with Crippen LogP contribution in [0.5, 0.6) is 0 Å². The lowest BCUT2D eigenvalue weighted by atomic mass is 10.2. The summed E-state index contributed by atoms with van der Waals surface area (Å²) >= 11 is 0. The van der Waals surface area contributed by atoms with Crippen molar-refractivity contribution in [2.45, 2.75) is 26.3 Å². The first-order valence-electron chi connectivity index (χ1n) is 2.88. The van der Waals surface area contributed by atoms with Crippen LogP contribution < -0.4 is 0 Å². The molecular formula is C5H14OSi. The van der Waals surface area contributed by atoms with Crippen molar-refractivity contribution < 1.29 is 4.80 Å². The second-order valence-electron chi connectivity index (χ2n) is 2.26. The third kappa shape index (κ3) is 6.18. The molecule has 0 radical (unpaired) electrons. The summed E-state index contributed by atoms with van der Waals surface area (Å²) in [5.74, 6) is 0.777. The van der Waals surface area contributed by atoms with Gasteiger partial charge in [0.1, 0.15) is 0 Å². The van der Waals surface area contributed by atoms with Gasteiger partial charge >= 0.3 is 0 Å². The minimum Gasteiger partial charge on any atom is -0.438 e. The maximum absolute atomic E-state index is 8.45. The molecule has 0 rings (SSSR count). The van der Waals surface area contributed by atoms with Crippen LogP contribution in [0.25, 0.3) is 0 Å². The molecule has 0 saturated carbocycles. The molecule has 2 heteroatoms. The van der Waals surface area contributed by atoms with Crippen LogP contribution in [0.3, 0.4) is 0 Å². The molecular weight excluding hydrogens is 104 g/mol.